The number of ether oxygens (including phenoxy) is 3. The van der Waals surface area contributed by atoms with Crippen LogP contribution in [0.3, 0.4) is 0 Å². The number of unbranched alkanes of at least 4 members (excludes halogenated alkanes) is 45. The number of carbonyl (C=O) groups is 2. The van der Waals surface area contributed by atoms with E-state index in [4.69, 9.17) is 14.2 Å². The monoisotopic (exact) mass is 1250 g/mol. The second kappa shape index (κ2) is 66.8. The van der Waals surface area contributed by atoms with Crippen molar-refractivity contribution in [2.24, 2.45) is 0 Å². The van der Waals surface area contributed by atoms with Crippen molar-refractivity contribution in [3.8, 4) is 0 Å². The van der Waals surface area contributed by atoms with Gasteiger partial charge in [0.25, 0.3) is 0 Å². The number of allylic oxidation sites excluding steroid dienone is 9. The first-order valence-corrected chi connectivity index (χ1v) is 38.1. The quantitative estimate of drug-likeness (QED) is 0.0195. The summed E-state index contributed by atoms with van der Waals surface area (Å²) in [5.74, 6) is -0.188. The number of hydrogen-bond acceptors (Lipinski definition) is 10. The van der Waals surface area contributed by atoms with E-state index in [1.165, 1.54) is 270 Å². The Kier molecular flexibility index (Phi) is 63.3. The Morgan fingerprint density at radius 1 is 0.416 bits per heavy atom. The lowest BCUT2D eigenvalue weighted by Gasteiger charge is -2.40. The Morgan fingerprint density at radius 2 is 0.764 bits per heavy atom. The standard InChI is InChI=1S/C78H143NO10/c1-3-5-7-9-11-13-15-16-17-40-43-46-50-54-58-62-66-74(83)87-67-63-59-55-51-47-44-41-38-36-34-32-30-28-26-24-22-20-18-19-21-23-25-27-29-31-33-35-37-39-42-45-49-53-57-61-65-73(82)79-70(69-88-78-77(86)76(85)75(84)72(68-80)89-78)71(81)64-60-56-52-48-14-12-10-8-6-4-2/h14,17,20,22,26,28,40,48,60,64,70-72,75-78,80-81,84-86H,3-13,15-16,18-19,21,23-25,27,29-39,41-47,49-59,61-63,65-69H2,1-2H3,(H,79,82)/b22-20-,28-26-,40-17-,48-14+,64-60+. The number of hydrogen-bond donors (Lipinski definition) is 6. The van der Waals surface area contributed by atoms with Gasteiger partial charge in [-0.05, 0) is 103 Å². The Morgan fingerprint density at radius 3 is 1.19 bits per heavy atom. The summed E-state index contributed by atoms with van der Waals surface area (Å²) in [5, 5.41) is 54.3. The summed E-state index contributed by atoms with van der Waals surface area (Å²) < 4.78 is 16.7. The molecule has 0 aromatic heterocycles. The Labute approximate surface area is 548 Å². The maximum absolute atomic E-state index is 13.0. The van der Waals surface area contributed by atoms with Gasteiger partial charge in [-0.3, -0.25) is 9.59 Å². The van der Waals surface area contributed by atoms with Gasteiger partial charge in [-0.2, -0.15) is 0 Å². The van der Waals surface area contributed by atoms with Crippen LogP contribution in [0.15, 0.2) is 60.8 Å². The fraction of sp³-hybridized carbons (Fsp3) is 0.846. The lowest BCUT2D eigenvalue weighted by Crippen LogP contribution is -2.60. The average molecular weight is 1250 g/mol. The molecule has 7 unspecified atom stereocenters. The highest BCUT2D eigenvalue weighted by atomic mass is 16.7. The number of rotatable bonds is 67. The van der Waals surface area contributed by atoms with E-state index in [0.717, 1.165) is 64.2 Å². The van der Waals surface area contributed by atoms with E-state index >= 15 is 0 Å². The Balaban J connectivity index is 1.90. The first-order valence-electron chi connectivity index (χ1n) is 38.1. The van der Waals surface area contributed by atoms with Crippen molar-refractivity contribution in [3.05, 3.63) is 60.8 Å². The van der Waals surface area contributed by atoms with E-state index in [1.54, 1.807) is 6.08 Å². The molecule has 0 radical (unpaired) electrons. The molecule has 0 aromatic rings. The third kappa shape index (κ3) is 55.5. The van der Waals surface area contributed by atoms with E-state index in [-0.39, 0.29) is 18.5 Å². The second-order valence-corrected chi connectivity index (χ2v) is 26.3. The predicted molar refractivity (Wildman–Crippen MR) is 375 cm³/mol. The smallest absolute Gasteiger partial charge is 0.305 e. The molecular formula is C78H143NO10. The van der Waals surface area contributed by atoms with Crippen LogP contribution in [0.2, 0.25) is 0 Å². The molecule has 0 aromatic carbocycles. The number of nitrogens with one attached hydrogen (secondary N) is 1. The van der Waals surface area contributed by atoms with Gasteiger partial charge in [0.15, 0.2) is 6.29 Å². The summed E-state index contributed by atoms with van der Waals surface area (Å²) in [6, 6.07) is -0.826. The summed E-state index contributed by atoms with van der Waals surface area (Å²) >= 11 is 0. The molecule has 1 fully saturated rings. The zero-order valence-corrected chi connectivity index (χ0v) is 57.9. The molecule has 11 nitrogen and oxygen atoms in total. The predicted octanol–water partition coefficient (Wildman–Crippen LogP) is 20.1. The zero-order chi connectivity index (χ0) is 64.4. The van der Waals surface area contributed by atoms with Crippen LogP contribution in [0, 0.1) is 0 Å². The average Bonchev–Trinajstić information content (AvgIpc) is 1.60. The van der Waals surface area contributed by atoms with Crippen molar-refractivity contribution in [3.63, 3.8) is 0 Å². The van der Waals surface area contributed by atoms with E-state index in [9.17, 15) is 35.1 Å². The number of esters is 1. The first kappa shape index (κ1) is 84.4. The largest absolute Gasteiger partial charge is 0.466 e. The summed E-state index contributed by atoms with van der Waals surface area (Å²) in [7, 11) is 0. The van der Waals surface area contributed by atoms with Crippen molar-refractivity contribution in [2.45, 2.75) is 403 Å². The van der Waals surface area contributed by atoms with Gasteiger partial charge in [-0.15, -0.1) is 0 Å². The van der Waals surface area contributed by atoms with Crippen LogP contribution in [0.25, 0.3) is 0 Å². The van der Waals surface area contributed by atoms with Gasteiger partial charge in [-0.25, -0.2) is 0 Å². The SMILES string of the molecule is CCCCCC/C=C/CC/C=C/C(O)C(COC1OC(CO)C(O)C(O)C1O)NC(=O)CCCCCCCCCCCCCCCCCCC/C=C\C/C=C\CCCCCCCCCCCCCOC(=O)CCCCCCC/C=C\CCCCCCCCC. The third-order valence-corrected chi connectivity index (χ3v) is 17.8. The van der Waals surface area contributed by atoms with E-state index < -0.39 is 49.5 Å². The lowest BCUT2D eigenvalue weighted by molar-refractivity contribution is -0.302. The number of aliphatic hydroxyl groups excluding tert-OH is 5. The molecule has 0 aliphatic carbocycles. The van der Waals surface area contributed by atoms with Gasteiger partial charge < -0.3 is 45.1 Å². The normalized spacial score (nSPS) is 18.0. The van der Waals surface area contributed by atoms with Crippen molar-refractivity contribution in [1.82, 2.24) is 5.32 Å². The molecule has 520 valence electrons. The maximum atomic E-state index is 13.0. The fourth-order valence-corrected chi connectivity index (χ4v) is 11.8. The van der Waals surface area contributed by atoms with Crippen LogP contribution in [0.5, 0.6) is 0 Å². The number of aliphatic hydroxyl groups is 5. The molecule has 1 rings (SSSR count). The maximum Gasteiger partial charge on any atom is 0.305 e. The lowest BCUT2D eigenvalue weighted by atomic mass is 9.99. The third-order valence-electron chi connectivity index (χ3n) is 17.8. The molecule has 1 heterocycles. The minimum absolute atomic E-state index is 0.00253. The Bertz CT molecular complexity index is 1660. The van der Waals surface area contributed by atoms with Crippen LogP contribution >= 0.6 is 0 Å². The molecule has 0 bridgehead atoms. The number of carbonyl (C=O) groups excluding carboxylic acids is 2. The van der Waals surface area contributed by atoms with Crippen LogP contribution in [-0.2, 0) is 23.8 Å². The molecule has 6 N–H and O–H groups in total. The van der Waals surface area contributed by atoms with Crippen LogP contribution in [0.4, 0.5) is 0 Å². The van der Waals surface area contributed by atoms with Crippen molar-refractivity contribution >= 4 is 11.9 Å². The topological polar surface area (TPSA) is 175 Å². The van der Waals surface area contributed by atoms with Gasteiger partial charge in [0, 0.05) is 12.8 Å². The van der Waals surface area contributed by atoms with Crippen molar-refractivity contribution in [2.75, 3.05) is 19.8 Å². The minimum Gasteiger partial charge on any atom is -0.466 e. The summed E-state index contributed by atoms with van der Waals surface area (Å²) in [6.07, 6.45) is 79.7. The van der Waals surface area contributed by atoms with Gasteiger partial charge in [-0.1, -0.05) is 306 Å². The molecule has 1 saturated heterocycles. The second-order valence-electron chi connectivity index (χ2n) is 26.3. The van der Waals surface area contributed by atoms with Crippen molar-refractivity contribution < 1.29 is 49.3 Å². The van der Waals surface area contributed by atoms with Crippen molar-refractivity contribution in [1.29, 1.82) is 0 Å². The molecule has 1 aliphatic rings. The van der Waals surface area contributed by atoms with E-state index in [0.29, 0.717) is 19.4 Å². The molecule has 89 heavy (non-hydrogen) atoms. The van der Waals surface area contributed by atoms with Crippen LogP contribution < -0.4 is 5.32 Å². The van der Waals surface area contributed by atoms with Crippen LogP contribution in [0.1, 0.15) is 361 Å². The highest BCUT2D eigenvalue weighted by molar-refractivity contribution is 5.76. The first-order chi connectivity index (χ1) is 43.7. The van der Waals surface area contributed by atoms with E-state index in [1.807, 2.05) is 6.08 Å². The molecule has 0 saturated carbocycles. The molecule has 1 aliphatic heterocycles. The zero-order valence-electron chi connectivity index (χ0n) is 57.9. The minimum atomic E-state index is -1.58. The summed E-state index contributed by atoms with van der Waals surface area (Å²) in [6.45, 7) is 4.32. The summed E-state index contributed by atoms with van der Waals surface area (Å²) in [5.41, 5.74) is 0. The highest BCUT2D eigenvalue weighted by Gasteiger charge is 2.44. The fourth-order valence-electron chi connectivity index (χ4n) is 11.8. The summed E-state index contributed by atoms with van der Waals surface area (Å²) in [4.78, 5) is 25.1. The molecular weight excluding hydrogens is 1110 g/mol. The molecule has 11 heteroatoms. The highest BCUT2D eigenvalue weighted by Crippen LogP contribution is 2.23. The Hall–Kier alpha value is -2.64. The van der Waals surface area contributed by atoms with Crippen LogP contribution in [-0.4, -0.2) is 100 Å². The van der Waals surface area contributed by atoms with Gasteiger partial charge in [0.1, 0.15) is 24.4 Å². The van der Waals surface area contributed by atoms with Gasteiger partial charge in [0.05, 0.1) is 32.0 Å². The molecule has 7 atom stereocenters. The van der Waals surface area contributed by atoms with Gasteiger partial charge >= 0.3 is 5.97 Å². The van der Waals surface area contributed by atoms with Gasteiger partial charge in [0.2, 0.25) is 5.91 Å². The molecule has 1 amide bonds. The number of amides is 1. The van der Waals surface area contributed by atoms with E-state index in [2.05, 4.69) is 67.8 Å². The molecule has 0 spiro atoms.